The molecule has 0 unspecified atom stereocenters. The maximum atomic E-state index is 5.52. The summed E-state index contributed by atoms with van der Waals surface area (Å²) in [6.45, 7) is 2.80. The van der Waals surface area contributed by atoms with Gasteiger partial charge >= 0.3 is 0 Å². The van der Waals surface area contributed by atoms with E-state index in [0.717, 1.165) is 37.3 Å². The smallest absolute Gasteiger partial charge is 0.110 e. The third-order valence-electron chi connectivity index (χ3n) is 2.87. The largest absolute Gasteiger partial charge is 0.346 e. The number of benzene rings is 1. The van der Waals surface area contributed by atoms with Crippen LogP contribution in [-0.4, -0.2) is 16.5 Å². The normalized spacial score (nSPS) is 10.7. The van der Waals surface area contributed by atoms with Crippen LogP contribution in [0.3, 0.4) is 0 Å². The van der Waals surface area contributed by atoms with Crippen molar-refractivity contribution in [1.82, 2.24) is 9.97 Å². The predicted octanol–water partition coefficient (Wildman–Crippen LogP) is 2.20. The molecule has 0 saturated heterocycles. The van der Waals surface area contributed by atoms with Crippen LogP contribution in [0.5, 0.6) is 0 Å². The second-order valence-corrected chi connectivity index (χ2v) is 4.31. The van der Waals surface area contributed by atoms with Gasteiger partial charge in [0.15, 0.2) is 0 Å². The van der Waals surface area contributed by atoms with Crippen molar-refractivity contribution in [2.24, 2.45) is 5.73 Å². The highest BCUT2D eigenvalue weighted by molar-refractivity contribution is 5.21. The lowest BCUT2D eigenvalue weighted by molar-refractivity contribution is 0.807. The van der Waals surface area contributed by atoms with Gasteiger partial charge in [-0.15, -0.1) is 0 Å². The molecule has 0 aliphatic carbocycles. The Morgan fingerprint density at radius 3 is 2.71 bits per heavy atom. The lowest BCUT2D eigenvalue weighted by atomic mass is 10.1. The molecular formula is C14H19N3. The van der Waals surface area contributed by atoms with E-state index >= 15 is 0 Å². The molecule has 90 valence electrons. The van der Waals surface area contributed by atoms with Gasteiger partial charge in [0.1, 0.15) is 5.82 Å². The van der Waals surface area contributed by atoms with Crippen LogP contribution in [0, 0.1) is 6.92 Å². The monoisotopic (exact) mass is 229 g/mol. The van der Waals surface area contributed by atoms with Gasteiger partial charge in [-0.25, -0.2) is 4.98 Å². The van der Waals surface area contributed by atoms with Crippen molar-refractivity contribution in [2.75, 3.05) is 6.54 Å². The molecule has 0 saturated carbocycles. The Kier molecular flexibility index (Phi) is 3.94. The lowest BCUT2D eigenvalue weighted by Crippen LogP contribution is -2.01. The van der Waals surface area contributed by atoms with E-state index in [1.54, 1.807) is 0 Å². The number of aryl methyl sites for hydroxylation is 2. The first kappa shape index (κ1) is 11.9. The highest BCUT2D eigenvalue weighted by Crippen LogP contribution is 2.11. The molecule has 0 radical (unpaired) electrons. The molecule has 1 heterocycles. The summed E-state index contributed by atoms with van der Waals surface area (Å²) in [6.07, 6.45) is 2.83. The number of aromatic nitrogens is 2. The molecule has 0 bridgehead atoms. The zero-order valence-electron chi connectivity index (χ0n) is 10.2. The molecule has 0 fully saturated rings. The van der Waals surface area contributed by atoms with E-state index in [-0.39, 0.29) is 0 Å². The SMILES string of the molecule is Cc1[nH]c(Cc2ccccc2)nc1CCCN. The molecule has 3 N–H and O–H groups in total. The van der Waals surface area contributed by atoms with Gasteiger partial charge in [-0.2, -0.15) is 0 Å². The van der Waals surface area contributed by atoms with Crippen LogP contribution >= 0.6 is 0 Å². The first-order valence-corrected chi connectivity index (χ1v) is 6.08. The second-order valence-electron chi connectivity index (χ2n) is 4.31. The number of nitrogens with two attached hydrogens (primary N) is 1. The van der Waals surface area contributed by atoms with Gasteiger partial charge in [0.25, 0.3) is 0 Å². The first-order chi connectivity index (χ1) is 8.29. The summed E-state index contributed by atoms with van der Waals surface area (Å²) in [4.78, 5) is 7.98. The second kappa shape index (κ2) is 5.64. The molecule has 1 aromatic carbocycles. The zero-order chi connectivity index (χ0) is 12.1. The van der Waals surface area contributed by atoms with Crippen molar-refractivity contribution in [2.45, 2.75) is 26.2 Å². The zero-order valence-corrected chi connectivity index (χ0v) is 10.2. The van der Waals surface area contributed by atoms with E-state index in [1.807, 2.05) is 6.07 Å². The molecule has 3 heteroatoms. The van der Waals surface area contributed by atoms with Crippen LogP contribution in [0.4, 0.5) is 0 Å². The van der Waals surface area contributed by atoms with Gasteiger partial charge in [0.05, 0.1) is 5.69 Å². The van der Waals surface area contributed by atoms with Gasteiger partial charge in [0, 0.05) is 12.1 Å². The summed E-state index contributed by atoms with van der Waals surface area (Å²) in [7, 11) is 0. The summed E-state index contributed by atoms with van der Waals surface area (Å²) < 4.78 is 0. The Morgan fingerprint density at radius 1 is 1.24 bits per heavy atom. The van der Waals surface area contributed by atoms with Gasteiger partial charge < -0.3 is 10.7 Å². The van der Waals surface area contributed by atoms with E-state index in [1.165, 1.54) is 11.3 Å². The fourth-order valence-electron chi connectivity index (χ4n) is 1.95. The molecular weight excluding hydrogens is 210 g/mol. The number of rotatable bonds is 5. The van der Waals surface area contributed by atoms with Gasteiger partial charge in [-0.1, -0.05) is 30.3 Å². The molecule has 3 nitrogen and oxygen atoms in total. The van der Waals surface area contributed by atoms with E-state index in [2.05, 4.69) is 41.2 Å². The minimum absolute atomic E-state index is 0.723. The molecule has 0 atom stereocenters. The van der Waals surface area contributed by atoms with Crippen molar-refractivity contribution < 1.29 is 0 Å². The van der Waals surface area contributed by atoms with Crippen LogP contribution in [0.15, 0.2) is 30.3 Å². The summed E-state index contributed by atoms with van der Waals surface area (Å²) >= 11 is 0. The van der Waals surface area contributed by atoms with Crippen LogP contribution in [-0.2, 0) is 12.8 Å². The predicted molar refractivity (Wildman–Crippen MR) is 69.9 cm³/mol. The molecule has 0 aliphatic heterocycles. The van der Waals surface area contributed by atoms with Crippen molar-refractivity contribution in [1.29, 1.82) is 0 Å². The average Bonchev–Trinajstić information content (AvgIpc) is 2.68. The third-order valence-corrected chi connectivity index (χ3v) is 2.87. The third kappa shape index (κ3) is 3.17. The fourth-order valence-corrected chi connectivity index (χ4v) is 1.95. The molecule has 0 amide bonds. The number of H-pyrrole nitrogens is 1. The van der Waals surface area contributed by atoms with E-state index in [9.17, 15) is 0 Å². The molecule has 0 spiro atoms. The topological polar surface area (TPSA) is 54.7 Å². The van der Waals surface area contributed by atoms with Crippen molar-refractivity contribution >= 4 is 0 Å². The number of nitrogens with zero attached hydrogens (tertiary/aromatic N) is 1. The number of nitrogens with one attached hydrogen (secondary N) is 1. The fraction of sp³-hybridized carbons (Fsp3) is 0.357. The van der Waals surface area contributed by atoms with E-state index < -0.39 is 0 Å². The number of imidazole rings is 1. The Hall–Kier alpha value is -1.61. The standard InChI is InChI=1S/C14H19N3/c1-11-13(8-5-9-15)17-14(16-11)10-12-6-3-2-4-7-12/h2-4,6-7H,5,8-10,15H2,1H3,(H,16,17). The van der Waals surface area contributed by atoms with Crippen molar-refractivity contribution in [3.63, 3.8) is 0 Å². The maximum Gasteiger partial charge on any atom is 0.110 e. The van der Waals surface area contributed by atoms with E-state index in [0.29, 0.717) is 0 Å². The van der Waals surface area contributed by atoms with Gasteiger partial charge in [-0.3, -0.25) is 0 Å². The average molecular weight is 229 g/mol. The summed E-state index contributed by atoms with van der Waals surface area (Å²) in [5.41, 5.74) is 9.13. The Labute approximate surface area is 102 Å². The summed E-state index contributed by atoms with van der Waals surface area (Å²) in [5, 5.41) is 0. The summed E-state index contributed by atoms with van der Waals surface area (Å²) in [6, 6.07) is 10.4. The Bertz CT molecular complexity index is 460. The van der Waals surface area contributed by atoms with Gasteiger partial charge in [-0.05, 0) is 31.9 Å². The minimum Gasteiger partial charge on any atom is -0.346 e. The Morgan fingerprint density at radius 2 is 2.00 bits per heavy atom. The quantitative estimate of drug-likeness (QED) is 0.825. The van der Waals surface area contributed by atoms with Crippen molar-refractivity contribution in [3.8, 4) is 0 Å². The van der Waals surface area contributed by atoms with Crippen LogP contribution < -0.4 is 5.73 Å². The number of aromatic amines is 1. The van der Waals surface area contributed by atoms with Crippen LogP contribution in [0.25, 0.3) is 0 Å². The van der Waals surface area contributed by atoms with Crippen LogP contribution in [0.2, 0.25) is 0 Å². The molecule has 17 heavy (non-hydrogen) atoms. The lowest BCUT2D eigenvalue weighted by Gasteiger charge is -1.96. The van der Waals surface area contributed by atoms with E-state index in [4.69, 9.17) is 5.73 Å². The number of hydrogen-bond acceptors (Lipinski definition) is 2. The minimum atomic E-state index is 0.723. The molecule has 2 aromatic rings. The first-order valence-electron chi connectivity index (χ1n) is 6.08. The van der Waals surface area contributed by atoms with Crippen molar-refractivity contribution in [3.05, 3.63) is 53.1 Å². The Balaban J connectivity index is 2.07. The maximum absolute atomic E-state index is 5.52. The highest BCUT2D eigenvalue weighted by atomic mass is 14.9. The van der Waals surface area contributed by atoms with Gasteiger partial charge in [0.2, 0.25) is 0 Å². The highest BCUT2D eigenvalue weighted by Gasteiger charge is 2.06. The summed E-state index contributed by atoms with van der Waals surface area (Å²) in [5.74, 6) is 1.04. The molecule has 2 rings (SSSR count). The molecule has 0 aliphatic rings. The number of hydrogen-bond donors (Lipinski definition) is 2. The van der Waals surface area contributed by atoms with Crippen LogP contribution in [0.1, 0.15) is 29.2 Å². The molecule has 1 aromatic heterocycles.